The molecule has 2 saturated carbocycles. The maximum Gasteiger partial charge on any atom is 0.226 e. The number of hydrogen-bond acceptors (Lipinski definition) is 6. The molecule has 6 nitrogen and oxygen atoms in total. The summed E-state index contributed by atoms with van der Waals surface area (Å²) in [6.07, 6.45) is 7.69. The van der Waals surface area contributed by atoms with Gasteiger partial charge in [-0.2, -0.15) is 5.10 Å². The molecule has 2 aromatic rings. The van der Waals surface area contributed by atoms with Crippen molar-refractivity contribution in [2.24, 2.45) is 5.41 Å². The molecule has 0 amide bonds. The van der Waals surface area contributed by atoms with E-state index in [1.165, 1.54) is 18.5 Å². The van der Waals surface area contributed by atoms with Gasteiger partial charge in [-0.1, -0.05) is 0 Å². The molecule has 7 heteroatoms. The number of aromatic nitrogens is 4. The summed E-state index contributed by atoms with van der Waals surface area (Å²) in [5, 5.41) is 19.2. The Hall–Kier alpha value is -1.60. The maximum absolute atomic E-state index is 9.73. The van der Waals surface area contributed by atoms with E-state index in [0.29, 0.717) is 12.0 Å². The third-order valence-electron chi connectivity index (χ3n) is 5.63. The van der Waals surface area contributed by atoms with Crippen LogP contribution in [0.25, 0.3) is 0 Å². The molecule has 2 atom stereocenters. The summed E-state index contributed by atoms with van der Waals surface area (Å²) in [6.45, 7) is 1.14. The standard InChI is InChI=1S/C17H21N5OS/c23-10-17-5-3-12(8-17)22(9-17)16-18-6-4-14(19-16)24-15-7-13(20-21-15)11-1-2-11/h4,6-7,11-12,23H,1-3,5,8-10H2,(H,20,21). The summed E-state index contributed by atoms with van der Waals surface area (Å²) in [7, 11) is 0. The molecule has 126 valence electrons. The number of aromatic amines is 1. The monoisotopic (exact) mass is 343 g/mol. The lowest BCUT2D eigenvalue weighted by atomic mass is 9.89. The predicted octanol–water partition coefficient (Wildman–Crippen LogP) is 2.58. The molecule has 1 aliphatic heterocycles. The molecule has 2 unspecified atom stereocenters. The Bertz CT molecular complexity index is 761. The van der Waals surface area contributed by atoms with Gasteiger partial charge in [0, 0.05) is 35.8 Å². The van der Waals surface area contributed by atoms with Crippen LogP contribution in [-0.2, 0) is 0 Å². The molecule has 1 saturated heterocycles. The van der Waals surface area contributed by atoms with Gasteiger partial charge >= 0.3 is 0 Å². The predicted molar refractivity (Wildman–Crippen MR) is 91.2 cm³/mol. The van der Waals surface area contributed by atoms with Crippen LogP contribution in [0, 0.1) is 5.41 Å². The van der Waals surface area contributed by atoms with Gasteiger partial charge in [-0.05, 0) is 56.0 Å². The third kappa shape index (κ3) is 2.50. The van der Waals surface area contributed by atoms with Crippen LogP contribution in [0.4, 0.5) is 5.95 Å². The number of piperidine rings is 1. The van der Waals surface area contributed by atoms with Gasteiger partial charge in [-0.25, -0.2) is 9.97 Å². The number of rotatable bonds is 5. The number of nitrogens with zero attached hydrogens (tertiary/aromatic N) is 4. The van der Waals surface area contributed by atoms with Crippen LogP contribution in [0.15, 0.2) is 28.4 Å². The zero-order chi connectivity index (χ0) is 16.1. The van der Waals surface area contributed by atoms with Gasteiger partial charge in [-0.3, -0.25) is 5.10 Å². The second-order valence-electron chi connectivity index (χ2n) is 7.42. The maximum atomic E-state index is 9.73. The second-order valence-corrected chi connectivity index (χ2v) is 8.46. The number of aliphatic hydroxyl groups excluding tert-OH is 1. The van der Waals surface area contributed by atoms with Crippen molar-refractivity contribution in [3.63, 3.8) is 0 Å². The van der Waals surface area contributed by atoms with Gasteiger partial charge in [0.2, 0.25) is 5.95 Å². The number of fused-ring (bicyclic) bond motifs is 2. The lowest BCUT2D eigenvalue weighted by Crippen LogP contribution is -2.37. The fourth-order valence-corrected chi connectivity index (χ4v) is 4.86. The van der Waals surface area contributed by atoms with Crippen LogP contribution >= 0.6 is 11.8 Å². The minimum atomic E-state index is 0.0680. The average Bonchev–Trinajstić information content (AvgIpc) is 3.07. The fraction of sp³-hybridized carbons (Fsp3) is 0.588. The van der Waals surface area contributed by atoms with Gasteiger partial charge in [0.05, 0.1) is 6.61 Å². The average molecular weight is 343 g/mol. The summed E-state index contributed by atoms with van der Waals surface area (Å²) >= 11 is 1.58. The summed E-state index contributed by atoms with van der Waals surface area (Å²) in [5.74, 6) is 1.47. The SMILES string of the molecule is OCC12CCC(C1)N(c1nccc(Sc3cc(C4CC4)[nH]n3)n1)C2. The topological polar surface area (TPSA) is 77.9 Å². The molecular weight excluding hydrogens is 322 g/mol. The molecule has 2 N–H and O–H groups in total. The van der Waals surface area contributed by atoms with E-state index in [1.807, 2.05) is 12.3 Å². The Morgan fingerprint density at radius 3 is 3.04 bits per heavy atom. The van der Waals surface area contributed by atoms with Crippen LogP contribution in [0.1, 0.15) is 43.7 Å². The smallest absolute Gasteiger partial charge is 0.226 e. The number of H-pyrrole nitrogens is 1. The van der Waals surface area contributed by atoms with E-state index >= 15 is 0 Å². The highest BCUT2D eigenvalue weighted by molar-refractivity contribution is 7.99. The zero-order valence-corrected chi connectivity index (χ0v) is 14.3. The van der Waals surface area contributed by atoms with Crippen LogP contribution < -0.4 is 4.90 Å². The van der Waals surface area contributed by atoms with Crippen molar-refractivity contribution < 1.29 is 5.11 Å². The van der Waals surface area contributed by atoms with Gasteiger partial charge in [0.25, 0.3) is 0 Å². The van der Waals surface area contributed by atoms with E-state index < -0.39 is 0 Å². The largest absolute Gasteiger partial charge is 0.396 e. The van der Waals surface area contributed by atoms with Crippen molar-refractivity contribution >= 4 is 17.7 Å². The highest BCUT2D eigenvalue weighted by atomic mass is 32.2. The minimum absolute atomic E-state index is 0.0680. The molecular formula is C17H21N5OS. The van der Waals surface area contributed by atoms with E-state index in [9.17, 15) is 5.11 Å². The first-order valence-electron chi connectivity index (χ1n) is 8.68. The van der Waals surface area contributed by atoms with Crippen LogP contribution in [0.2, 0.25) is 0 Å². The Morgan fingerprint density at radius 2 is 2.25 bits per heavy atom. The van der Waals surface area contributed by atoms with Crippen molar-refractivity contribution in [2.75, 3.05) is 18.1 Å². The van der Waals surface area contributed by atoms with Crippen molar-refractivity contribution in [3.8, 4) is 0 Å². The molecule has 0 aromatic carbocycles. The van der Waals surface area contributed by atoms with E-state index in [4.69, 9.17) is 4.98 Å². The zero-order valence-electron chi connectivity index (χ0n) is 13.5. The number of aliphatic hydroxyl groups is 1. The summed E-state index contributed by atoms with van der Waals surface area (Å²) in [6, 6.07) is 4.56. The Morgan fingerprint density at radius 1 is 1.33 bits per heavy atom. The van der Waals surface area contributed by atoms with E-state index in [-0.39, 0.29) is 12.0 Å². The van der Waals surface area contributed by atoms with E-state index in [0.717, 1.165) is 41.8 Å². The summed E-state index contributed by atoms with van der Waals surface area (Å²) in [5.41, 5.74) is 1.31. The number of hydrogen-bond donors (Lipinski definition) is 2. The van der Waals surface area contributed by atoms with Crippen LogP contribution in [-0.4, -0.2) is 44.5 Å². The summed E-state index contributed by atoms with van der Waals surface area (Å²) in [4.78, 5) is 11.5. The fourth-order valence-electron chi connectivity index (χ4n) is 4.11. The molecule has 2 bridgehead atoms. The normalized spacial score (nSPS) is 28.7. The van der Waals surface area contributed by atoms with Gasteiger partial charge in [-0.15, -0.1) is 0 Å². The van der Waals surface area contributed by atoms with E-state index in [1.54, 1.807) is 11.8 Å². The van der Waals surface area contributed by atoms with Gasteiger partial charge in [0.1, 0.15) is 10.1 Å². The highest BCUT2D eigenvalue weighted by Gasteiger charge is 2.49. The van der Waals surface area contributed by atoms with Gasteiger partial charge in [0.15, 0.2) is 0 Å². The molecule has 24 heavy (non-hydrogen) atoms. The molecule has 5 rings (SSSR count). The molecule has 2 aromatic heterocycles. The van der Waals surface area contributed by atoms with Crippen LogP contribution in [0.5, 0.6) is 0 Å². The van der Waals surface area contributed by atoms with E-state index in [2.05, 4.69) is 26.1 Å². The number of anilines is 1. The van der Waals surface area contributed by atoms with Gasteiger partial charge < -0.3 is 10.0 Å². The van der Waals surface area contributed by atoms with Crippen molar-refractivity contribution in [1.82, 2.24) is 20.2 Å². The second kappa shape index (κ2) is 5.46. The molecule has 3 fully saturated rings. The molecule has 3 heterocycles. The Balaban J connectivity index is 1.34. The van der Waals surface area contributed by atoms with Crippen molar-refractivity contribution in [3.05, 3.63) is 24.0 Å². The first-order chi connectivity index (χ1) is 11.7. The van der Waals surface area contributed by atoms with Crippen molar-refractivity contribution in [2.45, 2.75) is 54.1 Å². The van der Waals surface area contributed by atoms with Crippen molar-refractivity contribution in [1.29, 1.82) is 0 Å². The lowest BCUT2D eigenvalue weighted by molar-refractivity contribution is 0.148. The molecule has 2 aliphatic carbocycles. The first-order valence-corrected chi connectivity index (χ1v) is 9.50. The first kappa shape index (κ1) is 14.7. The Labute approximate surface area is 145 Å². The molecule has 0 radical (unpaired) electrons. The highest BCUT2D eigenvalue weighted by Crippen LogP contribution is 2.48. The van der Waals surface area contributed by atoms with Crippen LogP contribution in [0.3, 0.4) is 0 Å². The number of nitrogens with one attached hydrogen (secondary N) is 1. The minimum Gasteiger partial charge on any atom is -0.396 e. The summed E-state index contributed by atoms with van der Waals surface area (Å²) < 4.78 is 0. The third-order valence-corrected chi connectivity index (χ3v) is 6.49. The lowest BCUT2D eigenvalue weighted by Gasteiger charge is -2.31. The Kier molecular flexibility index (Phi) is 3.35. The molecule has 3 aliphatic rings. The quantitative estimate of drug-likeness (QED) is 0.813. The molecule has 0 spiro atoms.